The second kappa shape index (κ2) is 7.80. The summed E-state index contributed by atoms with van der Waals surface area (Å²) in [7, 11) is 0. The fourth-order valence-corrected chi connectivity index (χ4v) is 3.81. The summed E-state index contributed by atoms with van der Waals surface area (Å²) in [5, 5.41) is 6.69. The molecule has 1 aliphatic heterocycles. The molecule has 0 bridgehead atoms. The number of carbonyl (C=O) groups excluding carboxylic acids is 1. The number of halogens is 3. The molecule has 3 heterocycles. The molecule has 0 atom stereocenters. The first-order valence-corrected chi connectivity index (χ1v) is 10.2. The average molecular weight is 452 g/mol. The standard InChI is InChI=1S/C23H19F3N6O/c24-18-11-17(5-6-19(18)31-12-23(25,26)13-31)28-21(33)9-14-1-3-15(4-2-14)16-7-8-32-20(10-16)29-22(27)30-32/h1-8,10-11H,9,12-13H2,(H2,27,30)(H,28,33). The number of hydrogen-bond acceptors (Lipinski definition) is 5. The summed E-state index contributed by atoms with van der Waals surface area (Å²) in [5.41, 5.74) is 9.27. The fraction of sp³-hybridized carbons (Fsp3) is 0.174. The van der Waals surface area contributed by atoms with E-state index in [1.807, 2.05) is 36.4 Å². The third kappa shape index (κ3) is 4.32. The second-order valence-electron chi connectivity index (χ2n) is 7.99. The summed E-state index contributed by atoms with van der Waals surface area (Å²) in [6.45, 7) is -1.01. The maximum absolute atomic E-state index is 14.3. The number of nitrogens with one attached hydrogen (secondary N) is 1. The van der Waals surface area contributed by atoms with Crippen molar-refractivity contribution in [3.63, 3.8) is 0 Å². The third-order valence-corrected chi connectivity index (χ3v) is 5.42. The van der Waals surface area contributed by atoms with Gasteiger partial charge in [-0.2, -0.15) is 4.98 Å². The lowest BCUT2D eigenvalue weighted by molar-refractivity contribution is -0.115. The van der Waals surface area contributed by atoms with E-state index in [2.05, 4.69) is 15.4 Å². The maximum Gasteiger partial charge on any atom is 0.282 e. The zero-order chi connectivity index (χ0) is 23.2. The van der Waals surface area contributed by atoms with Gasteiger partial charge in [0.2, 0.25) is 11.9 Å². The lowest BCUT2D eigenvalue weighted by atomic mass is 10.0. The maximum atomic E-state index is 14.3. The Morgan fingerprint density at radius 2 is 1.82 bits per heavy atom. The highest BCUT2D eigenvalue weighted by atomic mass is 19.3. The van der Waals surface area contributed by atoms with Crippen molar-refractivity contribution in [2.45, 2.75) is 12.3 Å². The van der Waals surface area contributed by atoms with E-state index in [4.69, 9.17) is 5.73 Å². The Morgan fingerprint density at radius 3 is 2.52 bits per heavy atom. The Bertz CT molecular complexity index is 1340. The van der Waals surface area contributed by atoms with Gasteiger partial charge in [-0.05, 0) is 47.0 Å². The summed E-state index contributed by atoms with van der Waals surface area (Å²) >= 11 is 0. The number of nitrogen functional groups attached to an aromatic ring is 1. The van der Waals surface area contributed by atoms with Crippen LogP contribution < -0.4 is 16.0 Å². The highest BCUT2D eigenvalue weighted by molar-refractivity contribution is 5.92. The monoisotopic (exact) mass is 452 g/mol. The van der Waals surface area contributed by atoms with Crippen molar-refractivity contribution in [1.82, 2.24) is 14.6 Å². The van der Waals surface area contributed by atoms with Crippen molar-refractivity contribution in [1.29, 1.82) is 0 Å². The van der Waals surface area contributed by atoms with Crippen LogP contribution in [0.5, 0.6) is 0 Å². The molecule has 0 radical (unpaired) electrons. The van der Waals surface area contributed by atoms with Crippen LogP contribution in [0, 0.1) is 5.82 Å². The molecule has 5 rings (SSSR count). The summed E-state index contributed by atoms with van der Waals surface area (Å²) in [4.78, 5) is 17.8. The molecule has 10 heteroatoms. The van der Waals surface area contributed by atoms with Gasteiger partial charge in [-0.25, -0.2) is 17.7 Å². The molecule has 1 fully saturated rings. The van der Waals surface area contributed by atoms with Crippen LogP contribution in [0.2, 0.25) is 0 Å². The molecule has 0 aliphatic carbocycles. The predicted octanol–water partition coefficient (Wildman–Crippen LogP) is 3.75. The normalized spacial score (nSPS) is 14.8. The SMILES string of the molecule is Nc1nc2cc(-c3ccc(CC(=O)Nc4ccc(N5CC(F)(F)C5)c(F)c4)cc3)ccn2n1. The molecule has 2 aromatic heterocycles. The Labute approximate surface area is 186 Å². The van der Waals surface area contributed by atoms with E-state index in [0.717, 1.165) is 22.8 Å². The Kier molecular flexibility index (Phi) is 4.92. The van der Waals surface area contributed by atoms with E-state index >= 15 is 0 Å². The Morgan fingerprint density at radius 1 is 1.06 bits per heavy atom. The Balaban J connectivity index is 1.22. The minimum absolute atomic E-state index is 0.0986. The summed E-state index contributed by atoms with van der Waals surface area (Å²) in [5.74, 6) is -3.55. The number of rotatable bonds is 5. The molecular formula is C23H19F3N6O. The van der Waals surface area contributed by atoms with Gasteiger partial charge >= 0.3 is 0 Å². The van der Waals surface area contributed by atoms with Crippen LogP contribution in [-0.2, 0) is 11.2 Å². The van der Waals surface area contributed by atoms with E-state index in [1.54, 1.807) is 10.7 Å². The van der Waals surface area contributed by atoms with Crippen molar-refractivity contribution < 1.29 is 18.0 Å². The van der Waals surface area contributed by atoms with Crippen LogP contribution in [0.15, 0.2) is 60.8 Å². The zero-order valence-electron chi connectivity index (χ0n) is 17.3. The van der Waals surface area contributed by atoms with Crippen LogP contribution in [0.25, 0.3) is 16.8 Å². The fourth-order valence-electron chi connectivity index (χ4n) is 3.81. The average Bonchev–Trinajstić information content (AvgIpc) is 3.12. The van der Waals surface area contributed by atoms with E-state index in [9.17, 15) is 18.0 Å². The molecule has 7 nitrogen and oxygen atoms in total. The number of carbonyl (C=O) groups is 1. The van der Waals surface area contributed by atoms with Gasteiger partial charge in [0.25, 0.3) is 5.92 Å². The third-order valence-electron chi connectivity index (χ3n) is 5.42. The van der Waals surface area contributed by atoms with E-state index in [1.165, 1.54) is 17.0 Å². The van der Waals surface area contributed by atoms with Crippen LogP contribution in [0.1, 0.15) is 5.56 Å². The van der Waals surface area contributed by atoms with E-state index in [0.29, 0.717) is 5.65 Å². The van der Waals surface area contributed by atoms with Gasteiger partial charge in [0.15, 0.2) is 5.65 Å². The number of anilines is 3. The summed E-state index contributed by atoms with van der Waals surface area (Å²) in [6.07, 6.45) is 1.87. The van der Waals surface area contributed by atoms with Crippen molar-refractivity contribution in [3.05, 3.63) is 72.2 Å². The molecule has 0 spiro atoms. The van der Waals surface area contributed by atoms with Crippen molar-refractivity contribution >= 4 is 28.9 Å². The molecule has 1 saturated heterocycles. The van der Waals surface area contributed by atoms with Crippen LogP contribution in [-0.4, -0.2) is 39.5 Å². The topological polar surface area (TPSA) is 88.5 Å². The van der Waals surface area contributed by atoms with Gasteiger partial charge in [-0.3, -0.25) is 4.79 Å². The van der Waals surface area contributed by atoms with Gasteiger partial charge in [0, 0.05) is 11.9 Å². The molecule has 33 heavy (non-hydrogen) atoms. The summed E-state index contributed by atoms with van der Waals surface area (Å²) in [6, 6.07) is 15.3. The number of nitrogens with two attached hydrogens (primary N) is 1. The number of pyridine rings is 1. The molecule has 0 unspecified atom stereocenters. The van der Waals surface area contributed by atoms with Crippen molar-refractivity contribution in [2.75, 3.05) is 29.0 Å². The van der Waals surface area contributed by atoms with Crippen LogP contribution in [0.4, 0.5) is 30.5 Å². The number of aromatic nitrogens is 3. The first kappa shape index (κ1) is 20.8. The largest absolute Gasteiger partial charge is 0.366 e. The van der Waals surface area contributed by atoms with E-state index < -0.39 is 24.8 Å². The predicted molar refractivity (Wildman–Crippen MR) is 119 cm³/mol. The lowest BCUT2D eigenvalue weighted by Crippen LogP contribution is -2.56. The molecule has 2 aromatic carbocycles. The van der Waals surface area contributed by atoms with Crippen LogP contribution >= 0.6 is 0 Å². The highest BCUT2D eigenvalue weighted by Gasteiger charge is 2.44. The quantitative estimate of drug-likeness (QED) is 0.482. The number of alkyl halides is 2. The minimum Gasteiger partial charge on any atom is -0.366 e. The molecule has 0 saturated carbocycles. The number of fused-ring (bicyclic) bond motifs is 1. The van der Waals surface area contributed by atoms with Gasteiger partial charge < -0.3 is 16.0 Å². The van der Waals surface area contributed by atoms with Crippen molar-refractivity contribution in [2.24, 2.45) is 0 Å². The lowest BCUT2D eigenvalue weighted by Gasteiger charge is -2.40. The van der Waals surface area contributed by atoms with Gasteiger partial charge in [-0.15, -0.1) is 5.10 Å². The minimum atomic E-state index is -2.79. The second-order valence-corrected chi connectivity index (χ2v) is 7.99. The molecule has 3 N–H and O–H groups in total. The van der Waals surface area contributed by atoms with E-state index in [-0.39, 0.29) is 29.7 Å². The first-order valence-electron chi connectivity index (χ1n) is 10.2. The van der Waals surface area contributed by atoms with Crippen molar-refractivity contribution in [3.8, 4) is 11.1 Å². The van der Waals surface area contributed by atoms with Gasteiger partial charge in [0.1, 0.15) is 5.82 Å². The molecule has 4 aromatic rings. The zero-order valence-corrected chi connectivity index (χ0v) is 17.3. The van der Waals surface area contributed by atoms with Gasteiger partial charge in [-0.1, -0.05) is 24.3 Å². The number of hydrogen-bond donors (Lipinski definition) is 2. The van der Waals surface area contributed by atoms with Gasteiger partial charge in [0.05, 0.1) is 25.2 Å². The Hall–Kier alpha value is -4.08. The molecule has 1 aliphatic rings. The first-order chi connectivity index (χ1) is 15.8. The smallest absolute Gasteiger partial charge is 0.282 e. The van der Waals surface area contributed by atoms with Crippen LogP contribution in [0.3, 0.4) is 0 Å². The molecular weight excluding hydrogens is 433 g/mol. The molecule has 1 amide bonds. The molecule has 168 valence electrons. The number of benzene rings is 2. The summed E-state index contributed by atoms with van der Waals surface area (Å²) < 4.78 is 41.9. The number of nitrogens with zero attached hydrogens (tertiary/aromatic N) is 4. The number of amides is 1. The highest BCUT2D eigenvalue weighted by Crippen LogP contribution is 2.34.